The van der Waals surface area contributed by atoms with Crippen LogP contribution in [0.2, 0.25) is 0 Å². The molecule has 1 aromatic heterocycles. The lowest BCUT2D eigenvalue weighted by Gasteiger charge is -2.24. The third-order valence-electron chi connectivity index (χ3n) is 5.32. The fourth-order valence-electron chi connectivity index (χ4n) is 4.05. The van der Waals surface area contributed by atoms with E-state index in [2.05, 4.69) is 34.4 Å². The summed E-state index contributed by atoms with van der Waals surface area (Å²) in [5, 5.41) is 4.18. The number of hydrogen-bond acceptors (Lipinski definition) is 4. The Balaban J connectivity index is 0.00000156. The van der Waals surface area contributed by atoms with E-state index in [1.807, 2.05) is 0 Å². The molecule has 4 rings (SSSR count). The maximum atomic E-state index is 6.42. The molecule has 1 aromatic carbocycles. The number of nitrogens with two attached hydrogens (primary N) is 1. The van der Waals surface area contributed by atoms with Gasteiger partial charge >= 0.3 is 0 Å². The van der Waals surface area contributed by atoms with Crippen molar-refractivity contribution in [3.05, 3.63) is 47.1 Å². The fourth-order valence-corrected chi connectivity index (χ4v) is 4.05. The number of rotatable bonds is 3. The van der Waals surface area contributed by atoms with Crippen LogP contribution in [0.3, 0.4) is 0 Å². The smallest absolute Gasteiger partial charge is 0.227 e. The van der Waals surface area contributed by atoms with Crippen molar-refractivity contribution in [2.24, 2.45) is 5.73 Å². The van der Waals surface area contributed by atoms with Crippen molar-refractivity contribution in [1.29, 1.82) is 0 Å². The van der Waals surface area contributed by atoms with E-state index in [-0.39, 0.29) is 17.9 Å². The summed E-state index contributed by atoms with van der Waals surface area (Å²) < 4.78 is 5.52. The summed E-state index contributed by atoms with van der Waals surface area (Å²) in [5.74, 6) is 1.95. The number of halogens is 1. The first-order valence-corrected chi connectivity index (χ1v) is 8.44. The van der Waals surface area contributed by atoms with Crippen molar-refractivity contribution in [1.82, 2.24) is 10.1 Å². The molecule has 0 saturated heterocycles. The van der Waals surface area contributed by atoms with Crippen molar-refractivity contribution in [2.75, 3.05) is 0 Å². The van der Waals surface area contributed by atoms with Crippen molar-refractivity contribution >= 4 is 12.4 Å². The van der Waals surface area contributed by atoms with Crippen molar-refractivity contribution in [2.45, 2.75) is 62.8 Å². The second-order valence-corrected chi connectivity index (χ2v) is 6.87. The monoisotopic (exact) mass is 333 g/mol. The number of benzene rings is 1. The van der Waals surface area contributed by atoms with Crippen molar-refractivity contribution in [3.8, 4) is 0 Å². The van der Waals surface area contributed by atoms with E-state index in [4.69, 9.17) is 10.3 Å². The van der Waals surface area contributed by atoms with E-state index in [1.54, 1.807) is 0 Å². The second kappa shape index (κ2) is 6.62. The molecule has 1 unspecified atom stereocenters. The van der Waals surface area contributed by atoms with Gasteiger partial charge in [0.2, 0.25) is 5.89 Å². The van der Waals surface area contributed by atoms with Gasteiger partial charge in [0.15, 0.2) is 5.82 Å². The summed E-state index contributed by atoms with van der Waals surface area (Å²) in [7, 11) is 0. The molecule has 2 aliphatic carbocycles. The number of hydrogen-bond donors (Lipinski definition) is 1. The summed E-state index contributed by atoms with van der Waals surface area (Å²) in [5.41, 5.74) is 9.00. The Morgan fingerprint density at radius 2 is 1.96 bits per heavy atom. The molecule has 124 valence electrons. The lowest BCUT2D eigenvalue weighted by Crippen LogP contribution is -2.34. The van der Waals surface area contributed by atoms with Crippen LogP contribution in [0, 0.1) is 0 Å². The van der Waals surface area contributed by atoms with Gasteiger partial charge in [-0.3, -0.25) is 0 Å². The zero-order valence-corrected chi connectivity index (χ0v) is 14.1. The molecule has 2 N–H and O–H groups in total. The predicted molar refractivity (Wildman–Crippen MR) is 91.7 cm³/mol. The van der Waals surface area contributed by atoms with Crippen LogP contribution in [0.15, 0.2) is 28.8 Å². The quantitative estimate of drug-likeness (QED) is 0.925. The maximum absolute atomic E-state index is 6.42. The van der Waals surface area contributed by atoms with Gasteiger partial charge in [0.1, 0.15) is 0 Å². The fraction of sp³-hybridized carbons (Fsp3) is 0.556. The molecule has 1 saturated carbocycles. The lowest BCUT2D eigenvalue weighted by atomic mass is 9.81. The molecule has 0 amide bonds. The molecular weight excluding hydrogens is 310 g/mol. The molecule has 0 aliphatic heterocycles. The SMILES string of the molecule is Cl.NC1(c2noc(CC3CCCc4ccccc43)n2)CCCC1. The molecule has 5 heteroatoms. The summed E-state index contributed by atoms with van der Waals surface area (Å²) in [6.07, 6.45) is 8.73. The molecule has 1 atom stereocenters. The van der Waals surface area contributed by atoms with Gasteiger partial charge in [-0.05, 0) is 49.1 Å². The highest BCUT2D eigenvalue weighted by atomic mass is 35.5. The molecule has 0 bridgehead atoms. The zero-order valence-electron chi connectivity index (χ0n) is 13.3. The average Bonchev–Trinajstić information content (AvgIpc) is 3.18. The zero-order chi connectivity index (χ0) is 15.0. The van der Waals surface area contributed by atoms with Gasteiger partial charge in [-0.2, -0.15) is 4.98 Å². The van der Waals surface area contributed by atoms with Gasteiger partial charge in [0.05, 0.1) is 5.54 Å². The summed E-state index contributed by atoms with van der Waals surface area (Å²) in [6, 6.07) is 8.75. The number of aromatic nitrogens is 2. The third-order valence-corrected chi connectivity index (χ3v) is 5.32. The molecule has 1 heterocycles. The Morgan fingerprint density at radius 1 is 1.17 bits per heavy atom. The predicted octanol–water partition coefficient (Wildman–Crippen LogP) is 3.88. The molecule has 4 nitrogen and oxygen atoms in total. The highest BCUT2D eigenvalue weighted by molar-refractivity contribution is 5.85. The topological polar surface area (TPSA) is 64.9 Å². The van der Waals surface area contributed by atoms with E-state index in [9.17, 15) is 0 Å². The minimum Gasteiger partial charge on any atom is -0.339 e. The Bertz CT molecular complexity index is 664. The van der Waals surface area contributed by atoms with Gasteiger partial charge in [0, 0.05) is 6.42 Å². The van der Waals surface area contributed by atoms with Crippen LogP contribution >= 0.6 is 12.4 Å². The van der Waals surface area contributed by atoms with Crippen LogP contribution in [0.1, 0.15) is 67.3 Å². The third kappa shape index (κ3) is 3.15. The molecule has 1 fully saturated rings. The molecule has 0 spiro atoms. The minimum absolute atomic E-state index is 0. The molecular formula is C18H24ClN3O. The molecule has 2 aliphatic rings. The molecule has 2 aromatic rings. The van der Waals surface area contributed by atoms with Crippen LogP contribution in [0.5, 0.6) is 0 Å². The summed E-state index contributed by atoms with van der Waals surface area (Å²) in [6.45, 7) is 0. The Labute approximate surface area is 143 Å². The van der Waals surface area contributed by atoms with E-state index >= 15 is 0 Å². The highest BCUT2D eigenvalue weighted by Crippen LogP contribution is 2.36. The number of fused-ring (bicyclic) bond motifs is 1. The van der Waals surface area contributed by atoms with E-state index < -0.39 is 0 Å². The van der Waals surface area contributed by atoms with E-state index in [0.29, 0.717) is 11.7 Å². The summed E-state index contributed by atoms with van der Waals surface area (Å²) in [4.78, 5) is 4.63. The molecule has 0 radical (unpaired) electrons. The molecule has 23 heavy (non-hydrogen) atoms. The number of nitrogens with zero attached hydrogens (tertiary/aromatic N) is 2. The van der Waals surface area contributed by atoms with Gasteiger partial charge in [-0.25, -0.2) is 0 Å². The minimum atomic E-state index is -0.355. The summed E-state index contributed by atoms with van der Waals surface area (Å²) >= 11 is 0. The Kier molecular flexibility index (Phi) is 4.74. The Morgan fingerprint density at radius 3 is 2.78 bits per heavy atom. The van der Waals surface area contributed by atoms with Crippen LogP contribution in [-0.2, 0) is 18.4 Å². The average molecular weight is 334 g/mol. The Hall–Kier alpha value is -1.39. The van der Waals surface area contributed by atoms with Gasteiger partial charge in [-0.1, -0.05) is 42.3 Å². The largest absolute Gasteiger partial charge is 0.339 e. The first-order chi connectivity index (χ1) is 10.7. The second-order valence-electron chi connectivity index (χ2n) is 6.87. The van der Waals surface area contributed by atoms with E-state index in [1.165, 1.54) is 30.4 Å². The standard InChI is InChI=1S/C18H23N3O.ClH/c19-18(10-3-4-11-18)17-20-16(22-21-17)12-14-8-5-7-13-6-1-2-9-15(13)14;/h1-2,6,9,14H,3-5,7-8,10-12,19H2;1H. The highest BCUT2D eigenvalue weighted by Gasteiger charge is 2.36. The van der Waals surface area contributed by atoms with Crippen molar-refractivity contribution in [3.63, 3.8) is 0 Å². The van der Waals surface area contributed by atoms with Crippen LogP contribution in [-0.4, -0.2) is 10.1 Å². The first-order valence-electron chi connectivity index (χ1n) is 8.44. The van der Waals surface area contributed by atoms with Gasteiger partial charge in [0.25, 0.3) is 0 Å². The number of aryl methyl sites for hydroxylation is 1. The maximum Gasteiger partial charge on any atom is 0.227 e. The lowest BCUT2D eigenvalue weighted by molar-refractivity contribution is 0.340. The van der Waals surface area contributed by atoms with Gasteiger partial charge in [-0.15, -0.1) is 12.4 Å². The first kappa shape index (κ1) is 16.5. The van der Waals surface area contributed by atoms with Gasteiger partial charge < -0.3 is 10.3 Å². The normalized spacial score (nSPS) is 22.4. The van der Waals surface area contributed by atoms with Crippen LogP contribution in [0.4, 0.5) is 0 Å². The van der Waals surface area contributed by atoms with Crippen LogP contribution in [0.25, 0.3) is 0 Å². The van der Waals surface area contributed by atoms with Crippen molar-refractivity contribution < 1.29 is 4.52 Å². The van der Waals surface area contributed by atoms with Crippen LogP contribution < -0.4 is 5.73 Å². The van der Waals surface area contributed by atoms with E-state index in [0.717, 1.165) is 38.0 Å².